The summed E-state index contributed by atoms with van der Waals surface area (Å²) < 4.78 is 10.4. The van der Waals surface area contributed by atoms with Crippen LogP contribution in [0, 0.1) is 6.92 Å². The minimum absolute atomic E-state index is 0.00752. The van der Waals surface area contributed by atoms with Gasteiger partial charge in [0.15, 0.2) is 11.5 Å². The predicted octanol–water partition coefficient (Wildman–Crippen LogP) is 6.39. The van der Waals surface area contributed by atoms with E-state index in [1.807, 2.05) is 0 Å². The van der Waals surface area contributed by atoms with Crippen LogP contribution in [0.3, 0.4) is 0 Å². The highest BCUT2D eigenvalue weighted by Gasteiger charge is 2.22. The molecule has 0 amide bonds. The van der Waals surface area contributed by atoms with Crippen LogP contribution in [0.4, 0.5) is 0 Å². The second-order valence-corrected chi connectivity index (χ2v) is 7.53. The van der Waals surface area contributed by atoms with Gasteiger partial charge in [0.2, 0.25) is 11.5 Å². The Morgan fingerprint density at radius 1 is 0.786 bits per heavy atom. The number of benzene rings is 1. The maximum absolute atomic E-state index is 10.5. The molecule has 0 aliphatic carbocycles. The molecule has 0 atom stereocenters. The minimum atomic E-state index is 0.00752. The first kappa shape index (κ1) is 23.7. The van der Waals surface area contributed by atoms with Gasteiger partial charge in [-0.3, -0.25) is 0 Å². The van der Waals surface area contributed by atoms with Gasteiger partial charge < -0.3 is 19.7 Å². The number of hydrogen-bond acceptors (Lipinski definition) is 4. The molecule has 0 aliphatic rings. The van der Waals surface area contributed by atoms with Crippen LogP contribution in [-0.2, 0) is 6.42 Å². The molecule has 0 fully saturated rings. The summed E-state index contributed by atoms with van der Waals surface area (Å²) in [6, 6.07) is 0. The van der Waals surface area contributed by atoms with E-state index in [0.717, 1.165) is 25.7 Å². The summed E-state index contributed by atoms with van der Waals surface area (Å²) in [6.07, 6.45) is 11.4. The second-order valence-electron chi connectivity index (χ2n) is 7.53. The molecule has 2 N–H and O–H groups in total. The van der Waals surface area contributed by atoms with Gasteiger partial charge in [-0.1, -0.05) is 34.9 Å². The molecule has 0 aromatic heterocycles. The van der Waals surface area contributed by atoms with Crippen LogP contribution in [0.15, 0.2) is 34.9 Å². The first-order valence-electron chi connectivity index (χ1n) is 9.82. The average molecular weight is 389 g/mol. The molecule has 0 saturated heterocycles. The van der Waals surface area contributed by atoms with Gasteiger partial charge >= 0.3 is 0 Å². The molecule has 4 nitrogen and oxygen atoms in total. The normalized spacial score (nSPS) is 12.1. The maximum atomic E-state index is 10.5. The van der Waals surface area contributed by atoms with Gasteiger partial charge in [-0.15, -0.1) is 0 Å². The summed E-state index contributed by atoms with van der Waals surface area (Å²) in [5.74, 6) is 0.360. The summed E-state index contributed by atoms with van der Waals surface area (Å²) in [7, 11) is 2.89. The Hall–Kier alpha value is -2.36. The van der Waals surface area contributed by atoms with Gasteiger partial charge in [-0.05, 0) is 66.7 Å². The SMILES string of the molecule is COc1c(O)c(C)c(C/C=C(\C)CC/C=C(\C)CCC=C(C)C)c(O)c1OC. The zero-order chi connectivity index (χ0) is 21.3. The molecular formula is C24H36O4. The number of hydrogen-bond donors (Lipinski definition) is 2. The van der Waals surface area contributed by atoms with Gasteiger partial charge in [0.25, 0.3) is 0 Å². The summed E-state index contributed by atoms with van der Waals surface area (Å²) >= 11 is 0. The van der Waals surface area contributed by atoms with E-state index in [2.05, 4.69) is 45.9 Å². The third-order valence-corrected chi connectivity index (χ3v) is 4.92. The lowest BCUT2D eigenvalue weighted by molar-refractivity contribution is 0.314. The van der Waals surface area contributed by atoms with Crippen molar-refractivity contribution in [1.29, 1.82) is 0 Å². The average Bonchev–Trinajstić information content (AvgIpc) is 2.64. The van der Waals surface area contributed by atoms with Gasteiger partial charge in [0, 0.05) is 11.1 Å². The molecule has 28 heavy (non-hydrogen) atoms. The molecule has 0 aliphatic heterocycles. The lowest BCUT2D eigenvalue weighted by Gasteiger charge is -2.17. The number of phenols is 2. The van der Waals surface area contributed by atoms with Crippen LogP contribution in [0.5, 0.6) is 23.0 Å². The topological polar surface area (TPSA) is 58.9 Å². The van der Waals surface area contributed by atoms with Crippen molar-refractivity contribution in [2.75, 3.05) is 14.2 Å². The molecule has 0 radical (unpaired) electrons. The smallest absolute Gasteiger partial charge is 0.207 e. The van der Waals surface area contributed by atoms with Crippen LogP contribution in [0.2, 0.25) is 0 Å². The van der Waals surface area contributed by atoms with E-state index < -0.39 is 0 Å². The highest BCUT2D eigenvalue weighted by Crippen LogP contribution is 2.48. The number of allylic oxidation sites excluding steroid dienone is 6. The highest BCUT2D eigenvalue weighted by atomic mass is 16.5. The molecule has 0 spiro atoms. The first-order chi connectivity index (χ1) is 13.2. The molecule has 156 valence electrons. The molecular weight excluding hydrogens is 352 g/mol. The van der Waals surface area contributed by atoms with Crippen molar-refractivity contribution in [3.8, 4) is 23.0 Å². The fourth-order valence-corrected chi connectivity index (χ4v) is 3.09. The van der Waals surface area contributed by atoms with Crippen molar-refractivity contribution in [2.45, 2.75) is 66.7 Å². The maximum Gasteiger partial charge on any atom is 0.207 e. The number of phenolic OH excluding ortho intramolecular Hbond substituents is 2. The van der Waals surface area contributed by atoms with Crippen molar-refractivity contribution in [1.82, 2.24) is 0 Å². The molecule has 1 aromatic rings. The number of ether oxygens (including phenoxy) is 2. The van der Waals surface area contributed by atoms with Gasteiger partial charge in [0.1, 0.15) is 0 Å². The van der Waals surface area contributed by atoms with Crippen molar-refractivity contribution < 1.29 is 19.7 Å². The molecule has 4 heteroatoms. The molecule has 0 heterocycles. The summed E-state index contributed by atoms with van der Waals surface area (Å²) in [5, 5.41) is 20.9. The van der Waals surface area contributed by atoms with E-state index in [1.165, 1.54) is 30.9 Å². The third kappa shape index (κ3) is 6.66. The van der Waals surface area contributed by atoms with E-state index in [-0.39, 0.29) is 23.0 Å². The van der Waals surface area contributed by atoms with E-state index in [1.54, 1.807) is 6.92 Å². The molecule has 0 saturated carbocycles. The molecule has 1 aromatic carbocycles. The lowest BCUT2D eigenvalue weighted by atomic mass is 9.99. The Labute approximate surface area is 170 Å². The van der Waals surface area contributed by atoms with E-state index in [0.29, 0.717) is 17.5 Å². The summed E-state index contributed by atoms with van der Waals surface area (Å²) in [5.41, 5.74) is 5.30. The van der Waals surface area contributed by atoms with Crippen LogP contribution < -0.4 is 9.47 Å². The molecule has 1 rings (SSSR count). The molecule has 0 bridgehead atoms. The summed E-state index contributed by atoms with van der Waals surface area (Å²) in [4.78, 5) is 0. The first-order valence-corrected chi connectivity index (χ1v) is 9.82. The Morgan fingerprint density at radius 3 is 1.82 bits per heavy atom. The van der Waals surface area contributed by atoms with E-state index >= 15 is 0 Å². The van der Waals surface area contributed by atoms with E-state index in [9.17, 15) is 10.2 Å². The fourth-order valence-electron chi connectivity index (χ4n) is 3.09. The van der Waals surface area contributed by atoms with Crippen LogP contribution in [0.1, 0.15) is 64.5 Å². The van der Waals surface area contributed by atoms with Crippen LogP contribution in [-0.4, -0.2) is 24.4 Å². The zero-order valence-corrected chi connectivity index (χ0v) is 18.5. The van der Waals surface area contributed by atoms with Gasteiger partial charge in [0.05, 0.1) is 14.2 Å². The second kappa shape index (κ2) is 11.5. The fraction of sp³-hybridized carbons (Fsp3) is 0.500. The van der Waals surface area contributed by atoms with Crippen LogP contribution in [0.25, 0.3) is 0 Å². The number of rotatable bonds is 10. The third-order valence-electron chi connectivity index (χ3n) is 4.92. The highest BCUT2D eigenvalue weighted by molar-refractivity contribution is 5.66. The van der Waals surface area contributed by atoms with Gasteiger partial charge in [-0.2, -0.15) is 0 Å². The Morgan fingerprint density at radius 2 is 1.29 bits per heavy atom. The monoisotopic (exact) mass is 388 g/mol. The quantitative estimate of drug-likeness (QED) is 0.360. The Balaban J connectivity index is 2.78. The van der Waals surface area contributed by atoms with E-state index in [4.69, 9.17) is 9.47 Å². The van der Waals surface area contributed by atoms with Crippen molar-refractivity contribution in [2.24, 2.45) is 0 Å². The molecule has 0 unspecified atom stereocenters. The minimum Gasteiger partial charge on any atom is -0.504 e. The largest absolute Gasteiger partial charge is 0.504 e. The zero-order valence-electron chi connectivity index (χ0n) is 18.5. The van der Waals surface area contributed by atoms with Crippen LogP contribution >= 0.6 is 0 Å². The number of aromatic hydroxyl groups is 2. The lowest BCUT2D eigenvalue weighted by Crippen LogP contribution is -1.98. The van der Waals surface area contributed by atoms with Crippen molar-refractivity contribution in [3.05, 3.63) is 46.1 Å². The summed E-state index contributed by atoms with van der Waals surface area (Å²) in [6.45, 7) is 10.3. The van der Waals surface area contributed by atoms with Crippen molar-refractivity contribution >= 4 is 0 Å². The Kier molecular flexibility index (Phi) is 9.70. The standard InChI is InChI=1S/C24H36O4/c1-16(2)10-8-11-17(3)12-9-13-18(4)14-15-20-19(5)21(25)23(27-6)24(28-7)22(20)26/h10,12,14,25-26H,8-9,11,13,15H2,1-7H3/b17-12+,18-14+. The Bertz CT molecular complexity index is 751. The van der Waals surface area contributed by atoms with Crippen molar-refractivity contribution in [3.63, 3.8) is 0 Å². The van der Waals surface area contributed by atoms with Gasteiger partial charge in [-0.25, -0.2) is 0 Å². The predicted molar refractivity (Wildman–Crippen MR) is 117 cm³/mol. The number of methoxy groups -OCH3 is 2.